The first-order valence-electron chi connectivity index (χ1n) is 8.43. The van der Waals surface area contributed by atoms with E-state index in [0.29, 0.717) is 35.1 Å². The van der Waals surface area contributed by atoms with Gasteiger partial charge in [-0.3, -0.25) is 9.79 Å². The zero-order valence-electron chi connectivity index (χ0n) is 14.9. The number of carbonyl (C=O) groups is 1. The number of hydrogen-bond donors (Lipinski definition) is 2. The normalized spacial score (nSPS) is 18.3. The molecule has 2 heterocycles. The Morgan fingerprint density at radius 3 is 3.04 bits per heavy atom. The predicted octanol–water partition coefficient (Wildman–Crippen LogP) is 2.69. The number of nitrogens with one attached hydrogen (secondary N) is 1. The molecule has 2 unspecified atom stereocenters. The number of rotatable bonds is 8. The van der Waals surface area contributed by atoms with Gasteiger partial charge in [-0.15, -0.1) is 18.3 Å². The zero-order valence-corrected chi connectivity index (χ0v) is 15.7. The number of allylic oxidation sites excluding steroid dienone is 1. The van der Waals surface area contributed by atoms with Crippen LogP contribution in [0.15, 0.2) is 44.1 Å². The van der Waals surface area contributed by atoms with Crippen LogP contribution in [0.1, 0.15) is 44.1 Å². The fraction of sp³-hybridized carbons (Fsp3) is 0.444. The number of hydrogen-bond acceptors (Lipinski definition) is 7. The minimum atomic E-state index is -0.561. The molecule has 0 bridgehead atoms. The lowest BCUT2D eigenvalue weighted by Gasteiger charge is -2.19. The molecule has 26 heavy (non-hydrogen) atoms. The number of oxime groups is 1. The molecule has 0 fully saturated rings. The summed E-state index contributed by atoms with van der Waals surface area (Å²) in [5.41, 5.74) is 0.743. The third-order valence-corrected chi connectivity index (χ3v) is 5.04. The SMILES string of the molecule is C=CCc1cc(C(CCC)NC(=O)C2CSC(/C(C)=N/O)=N2)oc(=O)c1. The van der Waals surface area contributed by atoms with Gasteiger partial charge < -0.3 is 14.9 Å². The summed E-state index contributed by atoms with van der Waals surface area (Å²) in [7, 11) is 0. The molecule has 2 N–H and O–H groups in total. The fourth-order valence-electron chi connectivity index (χ4n) is 2.60. The minimum absolute atomic E-state index is 0.242. The number of amides is 1. The molecular weight excluding hydrogens is 354 g/mol. The van der Waals surface area contributed by atoms with Crippen molar-refractivity contribution in [3.63, 3.8) is 0 Å². The zero-order chi connectivity index (χ0) is 19.1. The summed E-state index contributed by atoms with van der Waals surface area (Å²) < 4.78 is 5.32. The van der Waals surface area contributed by atoms with Crippen molar-refractivity contribution >= 4 is 28.4 Å². The number of thioether (sulfide) groups is 1. The Kier molecular flexibility index (Phi) is 7.20. The van der Waals surface area contributed by atoms with E-state index < -0.39 is 17.7 Å². The highest BCUT2D eigenvalue weighted by Crippen LogP contribution is 2.23. The molecule has 0 aliphatic carbocycles. The van der Waals surface area contributed by atoms with Gasteiger partial charge in [0.15, 0.2) is 0 Å². The summed E-state index contributed by atoms with van der Waals surface area (Å²) in [5.74, 6) is 0.675. The Balaban J connectivity index is 2.18. The first-order chi connectivity index (χ1) is 12.5. The Morgan fingerprint density at radius 2 is 2.38 bits per heavy atom. The topological polar surface area (TPSA) is 104 Å². The van der Waals surface area contributed by atoms with Crippen LogP contribution in [0.25, 0.3) is 0 Å². The van der Waals surface area contributed by atoms with Crippen LogP contribution < -0.4 is 10.9 Å². The Bertz CT molecular complexity index is 785. The minimum Gasteiger partial charge on any atom is -0.426 e. The smallest absolute Gasteiger partial charge is 0.336 e. The molecule has 0 aromatic carbocycles. The van der Waals surface area contributed by atoms with Gasteiger partial charge in [-0.1, -0.05) is 24.6 Å². The van der Waals surface area contributed by atoms with Crippen molar-refractivity contribution < 1.29 is 14.4 Å². The Labute approximate surface area is 156 Å². The number of aliphatic imine (C=N–C) groups is 1. The summed E-state index contributed by atoms with van der Waals surface area (Å²) in [6, 6.07) is 2.25. The molecule has 0 saturated carbocycles. The molecule has 1 aliphatic heterocycles. The van der Waals surface area contributed by atoms with Gasteiger partial charge in [-0.2, -0.15) is 0 Å². The molecule has 2 atom stereocenters. The number of carbonyl (C=O) groups excluding carboxylic acids is 1. The quantitative estimate of drug-likeness (QED) is 0.314. The highest BCUT2D eigenvalue weighted by atomic mass is 32.2. The second-order valence-electron chi connectivity index (χ2n) is 5.98. The molecule has 1 amide bonds. The van der Waals surface area contributed by atoms with Crippen molar-refractivity contribution in [1.82, 2.24) is 5.32 Å². The van der Waals surface area contributed by atoms with Crippen molar-refractivity contribution in [2.75, 3.05) is 5.75 Å². The highest BCUT2D eigenvalue weighted by molar-refractivity contribution is 8.16. The Hall–Kier alpha value is -2.35. The molecule has 7 nitrogen and oxygen atoms in total. The van der Waals surface area contributed by atoms with E-state index in [9.17, 15) is 9.59 Å². The van der Waals surface area contributed by atoms with Crippen LogP contribution in [0.3, 0.4) is 0 Å². The number of nitrogens with zero attached hydrogens (tertiary/aromatic N) is 2. The molecule has 1 aromatic rings. The summed E-state index contributed by atoms with van der Waals surface area (Å²) in [6.07, 6.45) is 3.71. The first kappa shape index (κ1) is 20.0. The monoisotopic (exact) mass is 377 g/mol. The average molecular weight is 377 g/mol. The van der Waals surface area contributed by atoms with Crippen LogP contribution in [0, 0.1) is 0 Å². The summed E-state index contributed by atoms with van der Waals surface area (Å²) in [6.45, 7) is 7.30. The van der Waals surface area contributed by atoms with Crippen molar-refractivity contribution in [1.29, 1.82) is 0 Å². The van der Waals surface area contributed by atoms with E-state index in [4.69, 9.17) is 9.62 Å². The van der Waals surface area contributed by atoms with E-state index in [1.165, 1.54) is 17.8 Å². The molecule has 8 heteroatoms. The van der Waals surface area contributed by atoms with Crippen molar-refractivity contribution in [2.45, 2.75) is 45.2 Å². The van der Waals surface area contributed by atoms with E-state index in [0.717, 1.165) is 12.0 Å². The third kappa shape index (κ3) is 5.08. The standard InChI is InChI=1S/C18H23N3O4S/c1-4-6-12-8-15(25-16(22)9-12)13(7-5-2)19-17(23)14-10-26-18(20-14)11(3)21-24/h4,8-9,13-14,24H,1,5-7,10H2,2-3H3,(H,19,23)/b21-11+. The van der Waals surface area contributed by atoms with Gasteiger partial charge in [0.2, 0.25) is 5.91 Å². The van der Waals surface area contributed by atoms with Gasteiger partial charge in [0, 0.05) is 11.8 Å². The molecule has 2 rings (SSSR count). The predicted molar refractivity (Wildman–Crippen MR) is 103 cm³/mol. The maximum absolute atomic E-state index is 12.6. The van der Waals surface area contributed by atoms with Gasteiger partial charge in [0.05, 0.1) is 6.04 Å². The van der Waals surface area contributed by atoms with Gasteiger partial charge in [-0.05, 0) is 31.4 Å². The molecule has 0 spiro atoms. The maximum Gasteiger partial charge on any atom is 0.336 e. The van der Waals surface area contributed by atoms with Crippen LogP contribution in [0.2, 0.25) is 0 Å². The fourth-order valence-corrected chi connectivity index (χ4v) is 3.59. The Morgan fingerprint density at radius 1 is 1.62 bits per heavy atom. The van der Waals surface area contributed by atoms with Gasteiger partial charge in [0.25, 0.3) is 0 Å². The van der Waals surface area contributed by atoms with E-state index >= 15 is 0 Å². The molecule has 1 aliphatic rings. The molecule has 1 aromatic heterocycles. The van der Waals surface area contributed by atoms with Gasteiger partial charge in [0.1, 0.15) is 22.6 Å². The largest absolute Gasteiger partial charge is 0.426 e. The van der Waals surface area contributed by atoms with Crippen molar-refractivity contribution in [2.24, 2.45) is 10.1 Å². The van der Waals surface area contributed by atoms with E-state index in [-0.39, 0.29) is 5.91 Å². The van der Waals surface area contributed by atoms with Crippen LogP contribution in [-0.2, 0) is 11.2 Å². The second kappa shape index (κ2) is 9.38. The molecular formula is C18H23N3O4S. The summed E-state index contributed by atoms with van der Waals surface area (Å²) in [4.78, 5) is 28.7. The molecule has 140 valence electrons. The lowest BCUT2D eigenvalue weighted by molar-refractivity contribution is -0.122. The molecule has 0 radical (unpaired) electrons. The maximum atomic E-state index is 12.6. The van der Waals surface area contributed by atoms with Crippen molar-refractivity contribution in [3.05, 3.63) is 46.5 Å². The van der Waals surface area contributed by atoms with Crippen molar-refractivity contribution in [3.8, 4) is 0 Å². The van der Waals surface area contributed by atoms with Gasteiger partial charge in [-0.25, -0.2) is 4.79 Å². The second-order valence-corrected chi connectivity index (χ2v) is 6.98. The highest BCUT2D eigenvalue weighted by Gasteiger charge is 2.28. The lowest BCUT2D eigenvalue weighted by Crippen LogP contribution is -2.37. The third-order valence-electron chi connectivity index (χ3n) is 3.88. The first-order valence-corrected chi connectivity index (χ1v) is 9.41. The molecule has 0 saturated heterocycles. The van der Waals surface area contributed by atoms with E-state index in [1.807, 2.05) is 6.92 Å². The lowest BCUT2D eigenvalue weighted by atomic mass is 10.1. The van der Waals surface area contributed by atoms with Crippen LogP contribution >= 0.6 is 11.8 Å². The van der Waals surface area contributed by atoms with Crippen LogP contribution in [0.4, 0.5) is 0 Å². The van der Waals surface area contributed by atoms with Crippen LogP contribution in [-0.4, -0.2) is 33.7 Å². The van der Waals surface area contributed by atoms with E-state index in [2.05, 4.69) is 22.0 Å². The van der Waals surface area contributed by atoms with Crippen LogP contribution in [0.5, 0.6) is 0 Å². The summed E-state index contributed by atoms with van der Waals surface area (Å²) >= 11 is 1.37. The van der Waals surface area contributed by atoms with Gasteiger partial charge >= 0.3 is 5.63 Å². The average Bonchev–Trinajstić information content (AvgIpc) is 3.10. The van der Waals surface area contributed by atoms with E-state index in [1.54, 1.807) is 19.1 Å². The summed E-state index contributed by atoms with van der Waals surface area (Å²) in [5, 5.41) is 15.4.